The van der Waals surface area contributed by atoms with E-state index in [2.05, 4.69) is 31.4 Å². The topological polar surface area (TPSA) is 18.5 Å². The minimum absolute atomic E-state index is 0.339. The van der Waals surface area contributed by atoms with Crippen LogP contribution in [0.3, 0.4) is 0 Å². The second kappa shape index (κ2) is 17.1. The van der Waals surface area contributed by atoms with E-state index < -0.39 is 0 Å². The molecule has 0 amide bonds. The molecule has 0 fully saturated rings. The van der Waals surface area contributed by atoms with E-state index in [9.17, 15) is 0 Å². The second-order valence-electron chi connectivity index (χ2n) is 7.25. The van der Waals surface area contributed by atoms with E-state index in [0.717, 1.165) is 26.2 Å². The molecule has 0 saturated carbocycles. The van der Waals surface area contributed by atoms with E-state index in [1.165, 1.54) is 70.6 Å². The van der Waals surface area contributed by atoms with Crippen LogP contribution in [0.1, 0.15) is 89.4 Å². The summed E-state index contributed by atoms with van der Waals surface area (Å²) >= 11 is 1.90. The average molecular weight is 369 g/mol. The molecule has 0 unspecified atom stereocenters. The van der Waals surface area contributed by atoms with Gasteiger partial charge in [0.15, 0.2) is 0 Å². The molecule has 0 saturated heterocycles. The molecule has 0 bridgehead atoms. The highest BCUT2D eigenvalue weighted by atomic mass is 32.1. The largest absolute Gasteiger partial charge is 0.381 e. The van der Waals surface area contributed by atoms with E-state index in [1.807, 2.05) is 11.3 Å². The highest BCUT2D eigenvalue weighted by Gasteiger charge is 1.96. The van der Waals surface area contributed by atoms with Gasteiger partial charge in [-0.1, -0.05) is 57.4 Å². The Morgan fingerprint density at radius 1 is 0.760 bits per heavy atom. The molecule has 0 aliphatic heterocycles. The van der Waals surface area contributed by atoms with Crippen molar-refractivity contribution in [3.8, 4) is 0 Å². The molecule has 2 nitrogen and oxygen atoms in total. The number of hydrogen-bond donors (Lipinski definition) is 0. The van der Waals surface area contributed by atoms with E-state index in [4.69, 9.17) is 9.47 Å². The maximum absolute atomic E-state index is 5.65. The van der Waals surface area contributed by atoms with Crippen LogP contribution in [0, 0.1) is 0 Å². The quantitative estimate of drug-likeness (QED) is 0.259. The minimum atomic E-state index is 0.339. The molecule has 0 aromatic carbocycles. The lowest BCUT2D eigenvalue weighted by atomic mass is 10.1. The van der Waals surface area contributed by atoms with Crippen LogP contribution in [-0.2, 0) is 15.9 Å². The van der Waals surface area contributed by atoms with Gasteiger partial charge < -0.3 is 9.47 Å². The molecule has 1 aromatic heterocycles. The van der Waals surface area contributed by atoms with Crippen molar-refractivity contribution >= 4 is 11.3 Å². The highest BCUT2D eigenvalue weighted by Crippen LogP contribution is 2.15. The van der Waals surface area contributed by atoms with Crippen molar-refractivity contribution < 1.29 is 9.47 Å². The van der Waals surface area contributed by atoms with Crippen molar-refractivity contribution in [2.45, 2.75) is 97.0 Å². The van der Waals surface area contributed by atoms with Gasteiger partial charge in [0.1, 0.15) is 0 Å². The zero-order valence-electron chi connectivity index (χ0n) is 16.6. The van der Waals surface area contributed by atoms with Crippen molar-refractivity contribution in [2.75, 3.05) is 19.8 Å². The van der Waals surface area contributed by atoms with Crippen molar-refractivity contribution in [3.63, 3.8) is 0 Å². The summed E-state index contributed by atoms with van der Waals surface area (Å²) < 4.78 is 11.1. The lowest BCUT2D eigenvalue weighted by Gasteiger charge is -2.07. The first-order chi connectivity index (χ1) is 12.3. The van der Waals surface area contributed by atoms with E-state index in [-0.39, 0.29) is 0 Å². The first-order valence-electron chi connectivity index (χ1n) is 10.5. The first-order valence-corrected chi connectivity index (χ1v) is 11.4. The van der Waals surface area contributed by atoms with Crippen LogP contribution in [0.15, 0.2) is 17.5 Å². The van der Waals surface area contributed by atoms with Crippen LogP contribution in [0.4, 0.5) is 0 Å². The Bertz CT molecular complexity index is 362. The van der Waals surface area contributed by atoms with E-state index in [1.54, 1.807) is 4.88 Å². The molecule has 0 N–H and O–H groups in total. The monoisotopic (exact) mass is 368 g/mol. The van der Waals surface area contributed by atoms with Crippen molar-refractivity contribution in [1.82, 2.24) is 0 Å². The summed E-state index contributed by atoms with van der Waals surface area (Å²) in [7, 11) is 0. The summed E-state index contributed by atoms with van der Waals surface area (Å²) in [6, 6.07) is 4.42. The van der Waals surface area contributed by atoms with Gasteiger partial charge in [-0.25, -0.2) is 0 Å². The molecule has 3 heteroatoms. The molecule has 0 atom stereocenters. The van der Waals surface area contributed by atoms with E-state index >= 15 is 0 Å². The lowest BCUT2D eigenvalue weighted by Crippen LogP contribution is -2.07. The van der Waals surface area contributed by atoms with Gasteiger partial charge in [-0.3, -0.25) is 0 Å². The van der Waals surface area contributed by atoms with Crippen LogP contribution < -0.4 is 0 Å². The summed E-state index contributed by atoms with van der Waals surface area (Å²) in [5.41, 5.74) is 0. The molecule has 0 aliphatic carbocycles. The SMILES string of the molecule is CC(C)OCCCOCCCCCCCCCCCCc1cccs1. The molecular formula is C22H40O2S. The van der Waals surface area contributed by atoms with Crippen LogP contribution in [0.25, 0.3) is 0 Å². The summed E-state index contributed by atoms with van der Waals surface area (Å²) in [4.78, 5) is 1.55. The number of rotatable bonds is 18. The van der Waals surface area contributed by atoms with Gasteiger partial charge >= 0.3 is 0 Å². The fraction of sp³-hybridized carbons (Fsp3) is 0.818. The Hall–Kier alpha value is -0.380. The third-order valence-corrected chi connectivity index (χ3v) is 5.36. The van der Waals surface area contributed by atoms with Gasteiger partial charge in [0.2, 0.25) is 0 Å². The molecule has 0 aliphatic rings. The Kier molecular flexibility index (Phi) is 15.5. The molecule has 1 rings (SSSR count). The number of unbranched alkanes of at least 4 members (excludes halogenated alkanes) is 9. The molecule has 25 heavy (non-hydrogen) atoms. The first kappa shape index (κ1) is 22.7. The van der Waals surface area contributed by atoms with Gasteiger partial charge in [0, 0.05) is 24.7 Å². The fourth-order valence-electron chi connectivity index (χ4n) is 2.95. The van der Waals surface area contributed by atoms with Crippen molar-refractivity contribution in [1.29, 1.82) is 0 Å². The number of thiophene rings is 1. The predicted octanol–water partition coefficient (Wildman–Crippen LogP) is 7.02. The fourth-order valence-corrected chi connectivity index (χ4v) is 3.71. The molecule has 1 heterocycles. The third-order valence-electron chi connectivity index (χ3n) is 4.43. The van der Waals surface area contributed by atoms with Gasteiger partial charge in [-0.05, 0) is 51.0 Å². The number of ether oxygens (including phenoxy) is 2. The average Bonchev–Trinajstić information content (AvgIpc) is 3.11. The summed E-state index contributed by atoms with van der Waals surface area (Å²) in [5, 5.41) is 2.18. The van der Waals surface area contributed by atoms with Gasteiger partial charge in [-0.2, -0.15) is 0 Å². The van der Waals surface area contributed by atoms with Gasteiger partial charge in [0.05, 0.1) is 6.10 Å². The summed E-state index contributed by atoms with van der Waals surface area (Å²) in [6.45, 7) is 6.75. The van der Waals surface area contributed by atoms with Crippen LogP contribution in [0.5, 0.6) is 0 Å². The Morgan fingerprint density at radius 3 is 1.96 bits per heavy atom. The molecule has 0 radical (unpaired) electrons. The van der Waals surface area contributed by atoms with Gasteiger partial charge in [-0.15, -0.1) is 11.3 Å². The molecule has 146 valence electrons. The Morgan fingerprint density at radius 2 is 1.36 bits per heavy atom. The zero-order chi connectivity index (χ0) is 18.0. The smallest absolute Gasteiger partial charge is 0.0518 e. The zero-order valence-corrected chi connectivity index (χ0v) is 17.5. The number of hydrogen-bond acceptors (Lipinski definition) is 3. The highest BCUT2D eigenvalue weighted by molar-refractivity contribution is 7.09. The number of aryl methyl sites for hydroxylation is 1. The molecule has 1 aromatic rings. The van der Waals surface area contributed by atoms with Crippen molar-refractivity contribution in [3.05, 3.63) is 22.4 Å². The Labute approximate surface area is 160 Å². The van der Waals surface area contributed by atoms with Gasteiger partial charge in [0.25, 0.3) is 0 Å². The van der Waals surface area contributed by atoms with Crippen molar-refractivity contribution in [2.24, 2.45) is 0 Å². The van der Waals surface area contributed by atoms with E-state index in [0.29, 0.717) is 6.10 Å². The minimum Gasteiger partial charge on any atom is -0.381 e. The van der Waals surface area contributed by atoms with Crippen LogP contribution in [-0.4, -0.2) is 25.9 Å². The molecule has 0 spiro atoms. The second-order valence-corrected chi connectivity index (χ2v) is 8.28. The maximum atomic E-state index is 5.65. The summed E-state index contributed by atoms with van der Waals surface area (Å²) in [5.74, 6) is 0. The standard InChI is InChI=1S/C22H40O2S/c1-21(2)24-19-14-18-23-17-12-10-8-6-4-3-5-7-9-11-15-22-16-13-20-25-22/h13,16,20-21H,3-12,14-15,17-19H2,1-2H3. The Balaban J connectivity index is 1.67. The third kappa shape index (κ3) is 15.6. The predicted molar refractivity (Wildman–Crippen MR) is 111 cm³/mol. The van der Waals surface area contributed by atoms with Crippen LogP contribution in [0.2, 0.25) is 0 Å². The lowest BCUT2D eigenvalue weighted by molar-refractivity contribution is 0.0507. The maximum Gasteiger partial charge on any atom is 0.0518 e. The summed E-state index contributed by atoms with van der Waals surface area (Å²) in [6.07, 6.45) is 16.4. The molecular weight excluding hydrogens is 328 g/mol. The normalized spacial score (nSPS) is 11.5. The van der Waals surface area contributed by atoms with Crippen LogP contribution >= 0.6 is 11.3 Å².